The minimum Gasteiger partial charge on any atom is -0.381 e. The summed E-state index contributed by atoms with van der Waals surface area (Å²) in [6.45, 7) is 8.84. The Bertz CT molecular complexity index is 595. The number of hydrogen-bond acceptors (Lipinski definition) is 3. The molecular formula is C15H22N4. The molecule has 0 radical (unpaired) electrons. The molecule has 3 rings (SSSR count). The fraction of sp³-hybridized carbons (Fsp3) is 0.600. The first-order valence-electron chi connectivity index (χ1n) is 7.09. The highest BCUT2D eigenvalue weighted by Crippen LogP contribution is 2.48. The summed E-state index contributed by atoms with van der Waals surface area (Å²) in [5.41, 5.74) is 2.53. The smallest absolute Gasteiger partial charge is 0.158 e. The molecule has 1 atom stereocenters. The minimum absolute atomic E-state index is 0.341. The van der Waals surface area contributed by atoms with Gasteiger partial charge in [0.2, 0.25) is 0 Å². The van der Waals surface area contributed by atoms with Crippen molar-refractivity contribution in [2.45, 2.75) is 52.6 Å². The lowest BCUT2D eigenvalue weighted by atomic mass is 10.0. The molecular weight excluding hydrogens is 236 g/mol. The number of fused-ring (bicyclic) bond motifs is 1. The van der Waals surface area contributed by atoms with E-state index in [0.29, 0.717) is 17.5 Å². The van der Waals surface area contributed by atoms with Crippen molar-refractivity contribution in [2.75, 3.05) is 5.32 Å². The van der Waals surface area contributed by atoms with Crippen LogP contribution in [0.3, 0.4) is 0 Å². The van der Waals surface area contributed by atoms with Crippen molar-refractivity contribution in [3.8, 4) is 0 Å². The Morgan fingerprint density at radius 2 is 2.00 bits per heavy atom. The Balaban J connectivity index is 1.86. The van der Waals surface area contributed by atoms with Crippen LogP contribution in [0.1, 0.15) is 46.6 Å². The molecule has 1 aliphatic rings. The average Bonchev–Trinajstić information content (AvgIpc) is 2.98. The van der Waals surface area contributed by atoms with Crippen LogP contribution in [0.2, 0.25) is 0 Å². The van der Waals surface area contributed by atoms with Crippen molar-refractivity contribution in [1.82, 2.24) is 14.8 Å². The van der Waals surface area contributed by atoms with Crippen LogP contribution < -0.4 is 5.32 Å². The largest absolute Gasteiger partial charge is 0.381 e. The molecule has 1 aliphatic carbocycles. The topological polar surface area (TPSA) is 42.7 Å². The fourth-order valence-electron chi connectivity index (χ4n) is 2.45. The maximum Gasteiger partial charge on any atom is 0.158 e. The number of nitrogens with one attached hydrogen (secondary N) is 1. The molecule has 0 bridgehead atoms. The van der Waals surface area contributed by atoms with Crippen LogP contribution in [0.25, 0.3) is 11.0 Å². The third-order valence-corrected chi connectivity index (χ3v) is 4.39. The van der Waals surface area contributed by atoms with Crippen LogP contribution in [0.4, 0.5) is 5.69 Å². The average molecular weight is 258 g/mol. The second-order valence-electron chi connectivity index (χ2n) is 6.34. The van der Waals surface area contributed by atoms with Crippen LogP contribution in [0.15, 0.2) is 18.5 Å². The summed E-state index contributed by atoms with van der Waals surface area (Å²) in [4.78, 5) is 4.56. The van der Waals surface area contributed by atoms with E-state index < -0.39 is 0 Å². The van der Waals surface area contributed by atoms with Gasteiger partial charge in [0.05, 0.1) is 18.1 Å². The second kappa shape index (κ2) is 4.22. The zero-order valence-electron chi connectivity index (χ0n) is 12.1. The first kappa shape index (κ1) is 12.5. The van der Waals surface area contributed by atoms with Gasteiger partial charge in [-0.1, -0.05) is 6.92 Å². The van der Waals surface area contributed by atoms with Gasteiger partial charge >= 0.3 is 0 Å². The monoisotopic (exact) mass is 258 g/mol. The Hall–Kier alpha value is -1.58. The summed E-state index contributed by atoms with van der Waals surface area (Å²) < 4.78 is 1.96. The number of pyridine rings is 1. The summed E-state index contributed by atoms with van der Waals surface area (Å²) in [6, 6.07) is 2.98. The molecule has 0 aliphatic heterocycles. The number of aromatic nitrogens is 3. The van der Waals surface area contributed by atoms with Gasteiger partial charge in [-0.15, -0.1) is 0 Å². The van der Waals surface area contributed by atoms with Gasteiger partial charge in [-0.3, -0.25) is 0 Å². The van der Waals surface area contributed by atoms with Gasteiger partial charge in [-0.25, -0.2) is 9.67 Å². The molecule has 19 heavy (non-hydrogen) atoms. The standard InChI is InChI=1S/C15H22N4/c1-10(2)19-14-12(8-17-19)7-13(9-16-14)18-11(3)15(4)5-6-15/h7-11,18H,5-6H2,1-4H3. The van der Waals surface area contributed by atoms with Crippen molar-refractivity contribution < 1.29 is 0 Å². The van der Waals surface area contributed by atoms with E-state index in [4.69, 9.17) is 0 Å². The molecule has 1 saturated carbocycles. The number of rotatable bonds is 4. The Kier molecular flexibility index (Phi) is 2.77. The van der Waals surface area contributed by atoms with Crippen LogP contribution >= 0.6 is 0 Å². The quantitative estimate of drug-likeness (QED) is 0.911. The van der Waals surface area contributed by atoms with Gasteiger partial charge in [0.25, 0.3) is 0 Å². The molecule has 102 valence electrons. The lowest BCUT2D eigenvalue weighted by Gasteiger charge is -2.21. The van der Waals surface area contributed by atoms with E-state index >= 15 is 0 Å². The van der Waals surface area contributed by atoms with E-state index in [9.17, 15) is 0 Å². The summed E-state index contributed by atoms with van der Waals surface area (Å²) in [6.07, 6.45) is 6.46. The van der Waals surface area contributed by atoms with E-state index in [1.54, 1.807) is 0 Å². The predicted octanol–water partition coefficient (Wildman–Crippen LogP) is 3.61. The van der Waals surface area contributed by atoms with Gasteiger partial charge in [0, 0.05) is 17.5 Å². The van der Waals surface area contributed by atoms with Gasteiger partial charge < -0.3 is 5.32 Å². The van der Waals surface area contributed by atoms with Crippen molar-refractivity contribution >= 4 is 16.7 Å². The molecule has 4 nitrogen and oxygen atoms in total. The third kappa shape index (κ3) is 2.20. The molecule has 2 aromatic rings. The zero-order chi connectivity index (χ0) is 13.6. The predicted molar refractivity (Wildman–Crippen MR) is 78.3 cm³/mol. The van der Waals surface area contributed by atoms with E-state index in [0.717, 1.165) is 16.7 Å². The highest BCUT2D eigenvalue weighted by Gasteiger charge is 2.42. The van der Waals surface area contributed by atoms with Crippen LogP contribution in [0, 0.1) is 5.41 Å². The fourth-order valence-corrected chi connectivity index (χ4v) is 2.45. The number of nitrogens with zero attached hydrogens (tertiary/aromatic N) is 3. The summed E-state index contributed by atoms with van der Waals surface area (Å²) in [7, 11) is 0. The first-order valence-corrected chi connectivity index (χ1v) is 7.09. The SMILES string of the molecule is CC(C)n1ncc2cc(NC(C)C3(C)CC3)cnc21. The van der Waals surface area contributed by atoms with Crippen molar-refractivity contribution in [3.05, 3.63) is 18.5 Å². The van der Waals surface area contributed by atoms with E-state index in [1.807, 2.05) is 17.1 Å². The highest BCUT2D eigenvalue weighted by atomic mass is 15.3. The highest BCUT2D eigenvalue weighted by molar-refractivity contribution is 5.78. The second-order valence-corrected chi connectivity index (χ2v) is 6.34. The zero-order valence-corrected chi connectivity index (χ0v) is 12.1. The van der Waals surface area contributed by atoms with Crippen molar-refractivity contribution in [2.24, 2.45) is 5.41 Å². The van der Waals surface area contributed by atoms with E-state index in [1.165, 1.54) is 12.8 Å². The minimum atomic E-state index is 0.341. The summed E-state index contributed by atoms with van der Waals surface area (Å²) in [5.74, 6) is 0. The first-order chi connectivity index (χ1) is 8.99. The van der Waals surface area contributed by atoms with Crippen LogP contribution in [-0.2, 0) is 0 Å². The van der Waals surface area contributed by atoms with Crippen LogP contribution in [-0.4, -0.2) is 20.8 Å². The van der Waals surface area contributed by atoms with E-state index in [2.05, 4.69) is 49.2 Å². The molecule has 0 saturated heterocycles. The van der Waals surface area contributed by atoms with Gasteiger partial charge in [0.1, 0.15) is 0 Å². The van der Waals surface area contributed by atoms with Crippen LogP contribution in [0.5, 0.6) is 0 Å². The lowest BCUT2D eigenvalue weighted by Crippen LogP contribution is -2.24. The molecule has 2 aromatic heterocycles. The lowest BCUT2D eigenvalue weighted by molar-refractivity contribution is 0.493. The van der Waals surface area contributed by atoms with Crippen molar-refractivity contribution in [1.29, 1.82) is 0 Å². The third-order valence-electron chi connectivity index (χ3n) is 4.39. The molecule has 0 spiro atoms. The molecule has 1 fully saturated rings. The normalized spacial score (nSPS) is 18.8. The Labute approximate surface area is 114 Å². The molecule has 4 heteroatoms. The number of hydrogen-bond donors (Lipinski definition) is 1. The molecule has 1 N–H and O–H groups in total. The Morgan fingerprint density at radius 3 is 2.63 bits per heavy atom. The molecule has 1 unspecified atom stereocenters. The van der Waals surface area contributed by atoms with Crippen molar-refractivity contribution in [3.63, 3.8) is 0 Å². The van der Waals surface area contributed by atoms with E-state index in [-0.39, 0.29) is 0 Å². The van der Waals surface area contributed by atoms with Gasteiger partial charge in [-0.05, 0) is 45.1 Å². The maximum atomic E-state index is 4.56. The number of anilines is 1. The summed E-state index contributed by atoms with van der Waals surface area (Å²) >= 11 is 0. The Morgan fingerprint density at radius 1 is 1.26 bits per heavy atom. The van der Waals surface area contributed by atoms with Gasteiger partial charge in [0.15, 0.2) is 5.65 Å². The molecule has 0 amide bonds. The summed E-state index contributed by atoms with van der Waals surface area (Å²) in [5, 5.41) is 9.08. The molecule has 0 aromatic carbocycles. The molecule has 2 heterocycles. The van der Waals surface area contributed by atoms with Gasteiger partial charge in [-0.2, -0.15) is 5.10 Å². The maximum absolute atomic E-state index is 4.56.